The van der Waals surface area contributed by atoms with Crippen LogP contribution in [0.3, 0.4) is 0 Å². The normalized spacial score (nSPS) is 11.5. The molecule has 252 valence electrons. The third-order valence-electron chi connectivity index (χ3n) is 9.09. The molecule has 0 amide bonds. The summed E-state index contributed by atoms with van der Waals surface area (Å²) in [5, 5.41) is 4.16. The van der Waals surface area contributed by atoms with E-state index >= 15 is 0 Å². The summed E-state index contributed by atoms with van der Waals surface area (Å²) >= 11 is 0. The number of nitrogens with zero attached hydrogens (tertiary/aromatic N) is 3. The van der Waals surface area contributed by atoms with Crippen molar-refractivity contribution in [2.24, 2.45) is 0 Å². The molecule has 0 radical (unpaired) electrons. The molecule has 0 fully saturated rings. The van der Waals surface area contributed by atoms with E-state index < -0.39 is 0 Å². The van der Waals surface area contributed by atoms with E-state index in [1.807, 2.05) is 0 Å². The summed E-state index contributed by atoms with van der Waals surface area (Å²) < 4.78 is 0. The Morgan fingerprint density at radius 1 is 0.275 bits per heavy atom. The summed E-state index contributed by atoms with van der Waals surface area (Å²) in [5.41, 5.74) is 9.95. The first-order valence-electron chi connectivity index (χ1n) is 17.1. The summed E-state index contributed by atoms with van der Waals surface area (Å²) in [4.78, 5) is 15.5. The lowest BCUT2D eigenvalue weighted by atomic mass is 10.0. The summed E-state index contributed by atoms with van der Waals surface area (Å²) in [6.45, 7) is 13.8. The van der Waals surface area contributed by atoms with Gasteiger partial charge in [0.1, 0.15) is 0 Å². The van der Waals surface area contributed by atoms with Crippen LogP contribution < -0.4 is 15.9 Å². The van der Waals surface area contributed by atoms with Gasteiger partial charge in [-0.3, -0.25) is 0 Å². The molecule has 7 rings (SSSR count). The molecule has 0 bridgehead atoms. The first kappa shape index (κ1) is 35.0. The van der Waals surface area contributed by atoms with Crippen LogP contribution >= 0.6 is 23.8 Å². The molecule has 0 N–H and O–H groups in total. The van der Waals surface area contributed by atoms with E-state index in [1.165, 1.54) is 32.6 Å². The molecule has 0 aliphatic rings. The maximum Gasteiger partial charge on any atom is 0.164 e. The second-order valence-corrected chi connectivity index (χ2v) is 20.3. The van der Waals surface area contributed by atoms with Crippen molar-refractivity contribution in [2.45, 2.75) is 0 Å². The van der Waals surface area contributed by atoms with Gasteiger partial charge in [0.05, 0.1) is 0 Å². The molecule has 1 heterocycles. The molecule has 0 spiro atoms. The van der Waals surface area contributed by atoms with Crippen LogP contribution in [0.4, 0.5) is 0 Å². The zero-order chi connectivity index (χ0) is 35.5. The van der Waals surface area contributed by atoms with Crippen molar-refractivity contribution < 1.29 is 0 Å². The van der Waals surface area contributed by atoms with Crippen molar-refractivity contribution in [1.82, 2.24) is 15.0 Å². The molecule has 6 aromatic carbocycles. The van der Waals surface area contributed by atoms with Crippen molar-refractivity contribution in [2.75, 3.05) is 40.0 Å². The maximum atomic E-state index is 5.16. The van der Waals surface area contributed by atoms with Crippen LogP contribution in [0.15, 0.2) is 146 Å². The lowest BCUT2D eigenvalue weighted by Gasteiger charge is -2.13. The predicted molar refractivity (Wildman–Crippen MR) is 228 cm³/mol. The molecular formula is C45H42N3P3. The van der Waals surface area contributed by atoms with Crippen LogP contribution in [0, 0.1) is 0 Å². The van der Waals surface area contributed by atoms with Crippen molar-refractivity contribution in [1.29, 1.82) is 0 Å². The summed E-state index contributed by atoms with van der Waals surface area (Å²) in [7, 11) is -0.585. The van der Waals surface area contributed by atoms with E-state index in [4.69, 9.17) is 15.0 Å². The Kier molecular flexibility index (Phi) is 10.6. The fourth-order valence-electron chi connectivity index (χ4n) is 6.17. The highest BCUT2D eigenvalue weighted by molar-refractivity contribution is 7.64. The number of benzene rings is 6. The Morgan fingerprint density at radius 3 is 0.745 bits per heavy atom. The van der Waals surface area contributed by atoms with Gasteiger partial charge >= 0.3 is 0 Å². The Labute approximate surface area is 306 Å². The zero-order valence-corrected chi connectivity index (χ0v) is 32.7. The van der Waals surface area contributed by atoms with Gasteiger partial charge in [0, 0.05) is 16.7 Å². The van der Waals surface area contributed by atoms with E-state index in [9.17, 15) is 0 Å². The van der Waals surface area contributed by atoms with Crippen LogP contribution in [-0.4, -0.2) is 54.9 Å². The smallest absolute Gasteiger partial charge is 0.164 e. The molecule has 0 unspecified atom stereocenters. The van der Waals surface area contributed by atoms with Crippen LogP contribution in [-0.2, 0) is 0 Å². The fraction of sp³-hybridized carbons (Fsp3) is 0.133. The monoisotopic (exact) mass is 717 g/mol. The number of hydrogen-bond acceptors (Lipinski definition) is 3. The van der Waals surface area contributed by atoms with Gasteiger partial charge in [-0.2, -0.15) is 0 Å². The van der Waals surface area contributed by atoms with Crippen LogP contribution in [0.1, 0.15) is 0 Å². The maximum absolute atomic E-state index is 5.16. The highest BCUT2D eigenvalue weighted by Crippen LogP contribution is 2.34. The molecule has 6 heteroatoms. The largest absolute Gasteiger partial charge is 0.208 e. The molecule has 1 aromatic heterocycles. The van der Waals surface area contributed by atoms with E-state index in [0.717, 1.165) is 33.4 Å². The van der Waals surface area contributed by atoms with Gasteiger partial charge in [-0.15, -0.1) is 0 Å². The van der Waals surface area contributed by atoms with Crippen molar-refractivity contribution in [3.8, 4) is 67.5 Å². The van der Waals surface area contributed by atoms with Gasteiger partial charge in [-0.05, 0) is 126 Å². The molecule has 0 atom stereocenters. The van der Waals surface area contributed by atoms with Gasteiger partial charge in [0.2, 0.25) is 0 Å². The fourth-order valence-corrected chi connectivity index (χ4v) is 8.51. The highest BCUT2D eigenvalue weighted by atomic mass is 31.1. The first-order chi connectivity index (χ1) is 24.7. The van der Waals surface area contributed by atoms with Crippen LogP contribution in [0.2, 0.25) is 0 Å². The first-order valence-corrected chi connectivity index (χ1v) is 23.8. The molecule has 0 saturated heterocycles. The minimum Gasteiger partial charge on any atom is -0.208 e. The number of hydrogen-bond donors (Lipinski definition) is 0. The van der Waals surface area contributed by atoms with Crippen molar-refractivity contribution in [3.63, 3.8) is 0 Å². The van der Waals surface area contributed by atoms with E-state index in [1.54, 1.807) is 0 Å². The lowest BCUT2D eigenvalue weighted by molar-refractivity contribution is 1.07. The average Bonchev–Trinajstić information content (AvgIpc) is 3.18. The van der Waals surface area contributed by atoms with Gasteiger partial charge < -0.3 is 0 Å². The standard InChI is InChI=1S/C45H42N3P3/c1-49(2)40-22-10-16-34(28-40)31-13-7-19-37(25-31)43-46-44(38-20-8-14-32(26-38)35-17-11-23-41(29-35)50(3)4)48-45(47-43)39-21-9-15-33(27-39)36-18-12-24-42(30-36)51(5)6/h7-30H,1-6H3. The predicted octanol–water partition coefficient (Wildman–Crippen LogP) is 11.0. The van der Waals surface area contributed by atoms with Gasteiger partial charge in [0.15, 0.2) is 17.5 Å². The van der Waals surface area contributed by atoms with Crippen LogP contribution in [0.25, 0.3) is 67.5 Å². The number of rotatable bonds is 9. The van der Waals surface area contributed by atoms with E-state index in [0.29, 0.717) is 17.5 Å². The summed E-state index contributed by atoms with van der Waals surface area (Å²) in [6, 6.07) is 52.5. The van der Waals surface area contributed by atoms with Crippen LogP contribution in [0.5, 0.6) is 0 Å². The molecule has 3 nitrogen and oxygen atoms in total. The SMILES string of the molecule is CP(C)c1cccc(-c2cccc(-c3nc(-c4cccc(-c5cccc(P(C)C)c5)c4)nc(-c4cccc(-c5cccc(P(C)C)c5)c4)n3)c2)c1. The number of aromatic nitrogens is 3. The second-order valence-electron chi connectivity index (χ2n) is 13.4. The lowest BCUT2D eigenvalue weighted by Crippen LogP contribution is -2.01. The zero-order valence-electron chi connectivity index (χ0n) is 30.0. The molecule has 0 aliphatic carbocycles. The topological polar surface area (TPSA) is 38.7 Å². The molecular weight excluding hydrogens is 675 g/mol. The Morgan fingerprint density at radius 2 is 0.490 bits per heavy atom. The summed E-state index contributed by atoms with van der Waals surface area (Å²) in [5.74, 6) is 1.98. The van der Waals surface area contributed by atoms with Gasteiger partial charge in [0.25, 0.3) is 0 Å². The van der Waals surface area contributed by atoms with Gasteiger partial charge in [-0.25, -0.2) is 15.0 Å². The third kappa shape index (κ3) is 8.08. The minimum atomic E-state index is -0.195. The Balaban J connectivity index is 1.36. The minimum absolute atomic E-state index is 0.195. The molecule has 51 heavy (non-hydrogen) atoms. The highest BCUT2D eigenvalue weighted by Gasteiger charge is 2.15. The Bertz CT molecular complexity index is 2060. The molecule has 7 aromatic rings. The van der Waals surface area contributed by atoms with E-state index in [-0.39, 0.29) is 23.8 Å². The second kappa shape index (κ2) is 15.5. The third-order valence-corrected chi connectivity index (χ3v) is 13.0. The molecule has 0 saturated carbocycles. The van der Waals surface area contributed by atoms with E-state index in [2.05, 4.69) is 186 Å². The molecule has 0 aliphatic heterocycles. The quantitative estimate of drug-likeness (QED) is 0.140. The summed E-state index contributed by atoms with van der Waals surface area (Å²) in [6.07, 6.45) is 0. The Hall–Kier alpha value is -4.38. The van der Waals surface area contributed by atoms with Gasteiger partial charge in [-0.1, -0.05) is 133 Å². The van der Waals surface area contributed by atoms with Crippen molar-refractivity contribution >= 4 is 39.7 Å². The average molecular weight is 718 g/mol. The van der Waals surface area contributed by atoms with Crippen molar-refractivity contribution in [3.05, 3.63) is 146 Å².